The van der Waals surface area contributed by atoms with Crippen LogP contribution in [0.4, 0.5) is 0 Å². The molecule has 0 aliphatic carbocycles. The van der Waals surface area contributed by atoms with E-state index in [0.717, 1.165) is 10.8 Å². The van der Waals surface area contributed by atoms with Gasteiger partial charge in [0.15, 0.2) is 4.60 Å². The fourth-order valence-electron chi connectivity index (χ4n) is 2.04. The van der Waals surface area contributed by atoms with Gasteiger partial charge in [0.1, 0.15) is 5.69 Å². The summed E-state index contributed by atoms with van der Waals surface area (Å²) < 4.78 is 1.94. The van der Waals surface area contributed by atoms with Gasteiger partial charge >= 0.3 is 0 Å². The maximum absolute atomic E-state index is 12.5. The fraction of sp³-hybridized carbons (Fsp3) is 0.0714. The quantitative estimate of drug-likeness (QED) is 0.683. The molecule has 1 aromatic heterocycles. The molecule has 2 aromatic carbocycles. The summed E-state index contributed by atoms with van der Waals surface area (Å²) in [5.41, 5.74) is 1.08. The van der Waals surface area contributed by atoms with E-state index in [1.807, 2.05) is 42.5 Å². The van der Waals surface area contributed by atoms with Crippen molar-refractivity contribution in [2.75, 3.05) is 0 Å². The first kappa shape index (κ1) is 12.0. The molecule has 0 saturated carbocycles. The smallest absolute Gasteiger partial charge is 0.213 e. The van der Waals surface area contributed by atoms with Crippen LogP contribution >= 0.6 is 15.9 Å². The molecule has 3 aromatic rings. The van der Waals surface area contributed by atoms with Crippen molar-refractivity contribution in [1.29, 1.82) is 0 Å². The Hall–Kier alpha value is -2.01. The summed E-state index contributed by atoms with van der Waals surface area (Å²) in [5, 5.41) is 9.81. The number of fused-ring (bicyclic) bond motifs is 1. The zero-order valence-electron chi connectivity index (χ0n) is 10.2. The number of aromatic nitrogens is 3. The van der Waals surface area contributed by atoms with Gasteiger partial charge in [0, 0.05) is 12.6 Å². The van der Waals surface area contributed by atoms with Gasteiger partial charge in [-0.3, -0.25) is 4.79 Å². The summed E-state index contributed by atoms with van der Waals surface area (Å²) in [7, 11) is 1.70. The Balaban J connectivity index is 2.12. The largest absolute Gasteiger partial charge is 0.287 e. The predicted molar refractivity (Wildman–Crippen MR) is 76.1 cm³/mol. The molecule has 94 valence electrons. The van der Waals surface area contributed by atoms with Gasteiger partial charge in [0.25, 0.3) is 0 Å². The average molecular weight is 316 g/mol. The lowest BCUT2D eigenvalue weighted by molar-refractivity contribution is 0.102. The fourth-order valence-corrected chi connectivity index (χ4v) is 2.55. The number of halogens is 1. The van der Waals surface area contributed by atoms with E-state index in [1.54, 1.807) is 7.05 Å². The van der Waals surface area contributed by atoms with Crippen molar-refractivity contribution in [1.82, 2.24) is 15.0 Å². The van der Waals surface area contributed by atoms with Crippen LogP contribution in [0.1, 0.15) is 16.1 Å². The topological polar surface area (TPSA) is 47.8 Å². The Bertz CT molecular complexity index is 760. The van der Waals surface area contributed by atoms with E-state index in [1.165, 1.54) is 4.68 Å². The van der Waals surface area contributed by atoms with Crippen molar-refractivity contribution in [2.24, 2.45) is 7.05 Å². The highest BCUT2D eigenvalue weighted by atomic mass is 79.9. The second kappa shape index (κ2) is 4.59. The molecule has 5 heteroatoms. The number of carbonyl (C=O) groups excluding carboxylic acids is 1. The molecular weight excluding hydrogens is 306 g/mol. The number of ketones is 1. The third-order valence-electron chi connectivity index (χ3n) is 3.01. The Kier molecular flexibility index (Phi) is 2.91. The van der Waals surface area contributed by atoms with Crippen molar-refractivity contribution in [3.8, 4) is 0 Å². The van der Waals surface area contributed by atoms with Crippen LogP contribution in [0.25, 0.3) is 10.8 Å². The molecule has 19 heavy (non-hydrogen) atoms. The Labute approximate surface area is 118 Å². The lowest BCUT2D eigenvalue weighted by atomic mass is 10.0. The van der Waals surface area contributed by atoms with E-state index >= 15 is 0 Å². The lowest BCUT2D eigenvalue weighted by Crippen LogP contribution is -2.08. The van der Waals surface area contributed by atoms with Crippen LogP contribution in [0.5, 0.6) is 0 Å². The number of benzene rings is 2. The minimum Gasteiger partial charge on any atom is -0.287 e. The molecular formula is C14H10BrN3O. The van der Waals surface area contributed by atoms with Gasteiger partial charge in [0.2, 0.25) is 5.78 Å². The SMILES string of the molecule is Cn1nnc(Br)c1C(=O)c1ccc2ccccc2c1. The highest BCUT2D eigenvalue weighted by molar-refractivity contribution is 9.10. The molecule has 0 saturated heterocycles. The number of nitrogens with zero attached hydrogens (tertiary/aromatic N) is 3. The molecule has 0 bridgehead atoms. The van der Waals surface area contributed by atoms with E-state index in [2.05, 4.69) is 26.2 Å². The van der Waals surface area contributed by atoms with E-state index in [9.17, 15) is 4.79 Å². The molecule has 0 amide bonds. The minimum atomic E-state index is -0.0925. The Morgan fingerprint density at radius 2 is 1.89 bits per heavy atom. The third-order valence-corrected chi connectivity index (χ3v) is 3.55. The van der Waals surface area contributed by atoms with E-state index in [0.29, 0.717) is 15.9 Å². The summed E-state index contributed by atoms with van der Waals surface area (Å²) in [4.78, 5) is 12.5. The van der Waals surface area contributed by atoms with Gasteiger partial charge in [-0.2, -0.15) is 0 Å². The molecule has 0 N–H and O–H groups in total. The van der Waals surface area contributed by atoms with Crippen molar-refractivity contribution in [3.05, 3.63) is 58.3 Å². The predicted octanol–water partition coefficient (Wildman–Crippen LogP) is 2.96. The van der Waals surface area contributed by atoms with Crippen molar-refractivity contribution in [2.45, 2.75) is 0 Å². The Morgan fingerprint density at radius 3 is 2.58 bits per heavy atom. The van der Waals surface area contributed by atoms with E-state index in [4.69, 9.17) is 0 Å². The molecule has 0 fully saturated rings. The molecule has 3 rings (SSSR count). The monoisotopic (exact) mass is 315 g/mol. The van der Waals surface area contributed by atoms with Crippen molar-refractivity contribution in [3.63, 3.8) is 0 Å². The van der Waals surface area contributed by atoms with Gasteiger partial charge in [-0.25, -0.2) is 4.68 Å². The molecule has 0 aliphatic heterocycles. The van der Waals surface area contributed by atoms with Crippen LogP contribution in [-0.4, -0.2) is 20.8 Å². The zero-order valence-corrected chi connectivity index (χ0v) is 11.8. The first-order valence-electron chi connectivity index (χ1n) is 5.75. The zero-order chi connectivity index (χ0) is 13.4. The molecule has 0 aliphatic rings. The number of aryl methyl sites for hydroxylation is 1. The summed E-state index contributed by atoms with van der Waals surface area (Å²) in [6.45, 7) is 0. The second-order valence-electron chi connectivity index (χ2n) is 4.24. The number of hydrogen-bond acceptors (Lipinski definition) is 3. The summed E-state index contributed by atoms with van der Waals surface area (Å²) in [6, 6.07) is 13.6. The summed E-state index contributed by atoms with van der Waals surface area (Å²) in [6.07, 6.45) is 0. The molecule has 0 unspecified atom stereocenters. The van der Waals surface area contributed by atoms with Crippen LogP contribution in [0, 0.1) is 0 Å². The van der Waals surface area contributed by atoms with Gasteiger partial charge in [-0.15, -0.1) is 5.10 Å². The maximum Gasteiger partial charge on any atom is 0.213 e. The van der Waals surface area contributed by atoms with Crippen LogP contribution in [0.2, 0.25) is 0 Å². The van der Waals surface area contributed by atoms with Gasteiger partial charge in [-0.05, 0) is 32.8 Å². The molecule has 1 heterocycles. The number of hydrogen-bond donors (Lipinski definition) is 0. The highest BCUT2D eigenvalue weighted by Crippen LogP contribution is 2.20. The van der Waals surface area contributed by atoms with Crippen LogP contribution < -0.4 is 0 Å². The summed E-state index contributed by atoms with van der Waals surface area (Å²) in [5.74, 6) is -0.0925. The van der Waals surface area contributed by atoms with E-state index < -0.39 is 0 Å². The average Bonchev–Trinajstić information content (AvgIpc) is 2.77. The van der Waals surface area contributed by atoms with Crippen LogP contribution in [-0.2, 0) is 7.05 Å². The second-order valence-corrected chi connectivity index (χ2v) is 4.99. The first-order valence-corrected chi connectivity index (χ1v) is 6.55. The normalized spacial score (nSPS) is 10.8. The van der Waals surface area contributed by atoms with Gasteiger partial charge in [-0.1, -0.05) is 41.6 Å². The molecule has 0 atom stereocenters. The lowest BCUT2D eigenvalue weighted by Gasteiger charge is -2.03. The van der Waals surface area contributed by atoms with Crippen LogP contribution in [0.15, 0.2) is 47.1 Å². The number of rotatable bonds is 2. The molecule has 0 radical (unpaired) electrons. The first-order chi connectivity index (χ1) is 9.16. The van der Waals surface area contributed by atoms with Gasteiger partial charge in [0.05, 0.1) is 0 Å². The Morgan fingerprint density at radius 1 is 1.16 bits per heavy atom. The standard InChI is InChI=1S/C14H10BrN3O/c1-18-12(14(15)16-17-18)13(19)11-7-6-9-4-2-3-5-10(9)8-11/h2-8H,1H3. The molecule has 4 nitrogen and oxygen atoms in total. The highest BCUT2D eigenvalue weighted by Gasteiger charge is 2.18. The van der Waals surface area contributed by atoms with Crippen LogP contribution in [0.3, 0.4) is 0 Å². The number of carbonyl (C=O) groups is 1. The minimum absolute atomic E-state index is 0.0925. The molecule has 0 spiro atoms. The maximum atomic E-state index is 12.5. The van der Waals surface area contributed by atoms with Crippen molar-refractivity contribution >= 4 is 32.5 Å². The summed E-state index contributed by atoms with van der Waals surface area (Å²) >= 11 is 3.25. The van der Waals surface area contributed by atoms with E-state index in [-0.39, 0.29) is 5.78 Å². The van der Waals surface area contributed by atoms with Crippen molar-refractivity contribution < 1.29 is 4.79 Å². The third kappa shape index (κ3) is 2.06. The van der Waals surface area contributed by atoms with Gasteiger partial charge < -0.3 is 0 Å².